The molecule has 370 valence electrons. The van der Waals surface area contributed by atoms with Gasteiger partial charge in [0.1, 0.15) is 104 Å². The number of carboxylic acids is 1. The van der Waals surface area contributed by atoms with Crippen molar-refractivity contribution < 1.29 is 124 Å². The molecule has 4 saturated heterocycles. The number of carbonyl (C=O) groups is 3. The topological polar surface area (TPSA) is 432 Å². The zero-order valence-corrected chi connectivity index (χ0v) is 36.4. The Morgan fingerprint density at radius 3 is 1.89 bits per heavy atom. The summed E-state index contributed by atoms with van der Waals surface area (Å²) in [6, 6.07) is 2.60. The van der Waals surface area contributed by atoms with E-state index in [1.165, 1.54) is 12.1 Å². The molecule has 0 radical (unpaired) electrons. The smallest absolute Gasteiger partial charge is 0.364 e. The molecule has 0 spiro atoms. The third-order valence-corrected chi connectivity index (χ3v) is 11.8. The average Bonchev–Trinajstić information content (AvgIpc) is 3.28. The maximum absolute atomic E-state index is 13.3. The Labute approximate surface area is 382 Å². The molecule has 28 heteroatoms. The Morgan fingerprint density at radius 1 is 0.738 bits per heavy atom. The van der Waals surface area contributed by atoms with Crippen molar-refractivity contribution in [3.63, 3.8) is 0 Å². The molecular weight excluding hydrogens is 999 g/mol. The van der Waals surface area contributed by atoms with Crippen LogP contribution in [0.3, 0.4) is 0 Å². The van der Waals surface area contributed by atoms with Gasteiger partial charge in [0.15, 0.2) is 12.6 Å². The number of aliphatic hydroxyl groups excluding tert-OH is 13. The third kappa shape index (κ3) is 12.0. The Balaban J connectivity index is 1.59. The summed E-state index contributed by atoms with van der Waals surface area (Å²) in [6.45, 7) is -4.25. The maximum Gasteiger partial charge on any atom is 0.364 e. The highest BCUT2D eigenvalue weighted by Gasteiger charge is 2.61. The zero-order chi connectivity index (χ0) is 48.1. The van der Waals surface area contributed by atoms with E-state index in [-0.39, 0.29) is 5.75 Å². The van der Waals surface area contributed by atoms with E-state index in [2.05, 4.69) is 10.6 Å². The van der Waals surface area contributed by atoms with Gasteiger partial charge in [-0.1, -0.05) is 0 Å². The fraction of sp³-hybridized carbons (Fsp3) is 0.757. The van der Waals surface area contributed by atoms with Crippen molar-refractivity contribution in [2.75, 3.05) is 33.0 Å². The van der Waals surface area contributed by atoms with Crippen LogP contribution in [0.15, 0.2) is 24.3 Å². The summed E-state index contributed by atoms with van der Waals surface area (Å²) in [5, 5.41) is 153. The zero-order valence-electron chi connectivity index (χ0n) is 34.2. The number of halogens is 1. The van der Waals surface area contributed by atoms with Gasteiger partial charge in [0, 0.05) is 16.9 Å². The van der Waals surface area contributed by atoms with Gasteiger partial charge in [0.05, 0.1) is 38.6 Å². The van der Waals surface area contributed by atoms with Crippen molar-refractivity contribution in [3.05, 3.63) is 27.8 Å². The molecule has 2 amide bonds. The monoisotopic (exact) mass is 1050 g/mol. The molecule has 0 aromatic heterocycles. The second-order valence-electron chi connectivity index (χ2n) is 15.6. The van der Waals surface area contributed by atoms with Gasteiger partial charge in [0.2, 0.25) is 18.1 Å². The molecule has 0 saturated carbocycles. The lowest BCUT2D eigenvalue weighted by molar-refractivity contribution is -0.387. The highest BCUT2D eigenvalue weighted by atomic mass is 127. The van der Waals surface area contributed by atoms with Crippen molar-refractivity contribution in [1.82, 2.24) is 10.6 Å². The molecule has 16 N–H and O–H groups in total. The molecule has 0 bridgehead atoms. The summed E-state index contributed by atoms with van der Waals surface area (Å²) in [5.74, 6) is -7.21. The van der Waals surface area contributed by atoms with E-state index in [0.717, 1.165) is 10.5 Å². The summed E-state index contributed by atoms with van der Waals surface area (Å²) >= 11 is 2.00. The summed E-state index contributed by atoms with van der Waals surface area (Å²) in [5.41, 5.74) is 0. The minimum atomic E-state index is -3.22. The van der Waals surface area contributed by atoms with Gasteiger partial charge in [0.25, 0.3) is 5.79 Å². The van der Waals surface area contributed by atoms with Crippen LogP contribution in [0.25, 0.3) is 0 Å². The Bertz CT molecular complexity index is 1720. The number of hydrogen-bond donors (Lipinski definition) is 16. The molecular formula is C37H55IN2O25. The lowest BCUT2D eigenvalue weighted by Crippen LogP contribution is -2.72. The lowest BCUT2D eigenvalue weighted by atomic mass is 9.88. The van der Waals surface area contributed by atoms with Crippen LogP contribution < -0.4 is 15.4 Å². The van der Waals surface area contributed by atoms with Crippen LogP contribution in [0, 0.1) is 3.57 Å². The number of aliphatic carboxylic acids is 1. The lowest BCUT2D eigenvalue weighted by Gasteiger charge is -2.52. The molecule has 21 atom stereocenters. The van der Waals surface area contributed by atoms with E-state index in [1.54, 1.807) is 12.1 Å². The number of nitrogens with one attached hydrogen (secondary N) is 2. The Hall–Kier alpha value is -2.64. The van der Waals surface area contributed by atoms with Gasteiger partial charge in [-0.05, 0) is 46.9 Å². The molecule has 27 nitrogen and oxygen atoms in total. The van der Waals surface area contributed by atoms with Crippen molar-refractivity contribution in [2.45, 2.75) is 142 Å². The highest BCUT2D eigenvalue weighted by Crippen LogP contribution is 2.40. The molecule has 4 heterocycles. The number of hydrogen-bond acceptors (Lipinski definition) is 24. The van der Waals surface area contributed by atoms with Crippen molar-refractivity contribution in [2.24, 2.45) is 0 Å². The fourth-order valence-electron chi connectivity index (χ4n) is 7.77. The van der Waals surface area contributed by atoms with Crippen LogP contribution in [0.4, 0.5) is 0 Å². The van der Waals surface area contributed by atoms with Crippen LogP contribution in [0.2, 0.25) is 0 Å². The molecule has 1 aromatic carbocycles. The van der Waals surface area contributed by atoms with Crippen LogP contribution in [0.1, 0.15) is 13.3 Å². The second kappa shape index (κ2) is 23.1. The number of ether oxygens (including phenoxy) is 8. The van der Waals surface area contributed by atoms with E-state index in [9.17, 15) is 85.9 Å². The van der Waals surface area contributed by atoms with E-state index in [0.29, 0.717) is 0 Å². The van der Waals surface area contributed by atoms with Gasteiger partial charge in [-0.3, -0.25) is 9.59 Å². The van der Waals surface area contributed by atoms with E-state index in [1.807, 2.05) is 22.6 Å². The van der Waals surface area contributed by atoms with Gasteiger partial charge in [-0.25, -0.2) is 4.79 Å². The number of benzene rings is 1. The predicted molar refractivity (Wildman–Crippen MR) is 213 cm³/mol. The van der Waals surface area contributed by atoms with E-state index >= 15 is 0 Å². The molecule has 4 aliphatic heterocycles. The molecule has 1 aromatic rings. The molecule has 5 rings (SSSR count). The molecule has 4 aliphatic rings. The quantitative estimate of drug-likeness (QED) is 0.0607. The standard InChI is InChI=1S/C37H55IN2O25/c1-12(46)39-22-30(63-34-27(54)26(53)24(51)17(8-42)60-34)25(52)18(9-43)59-33(22)62-29-19(10-44)61-35(58-14-4-2-13(38)3-5-14)28(55)32(29)65-37(36(56)57)6-15(47)21(40-20(49)11-45)31(64-37)23(50)16(48)7-41/h2-5,15-19,21-35,41-45,47-48,50-55H,6-11H2,1H3,(H,39,46)(H,40,49)(H,56,57)/t15?,16-,17?,18?,19?,21-,22?,23-,24+,25+,26?,27?,28?,29+,30?,31?,32?,33+,34+,35-,37+/m1/s1. The second-order valence-corrected chi connectivity index (χ2v) is 16.9. The summed E-state index contributed by atoms with van der Waals surface area (Å²) < 4.78 is 47.7. The number of amides is 2. The maximum atomic E-state index is 13.3. The molecule has 0 aliphatic carbocycles. The van der Waals surface area contributed by atoms with Crippen LogP contribution >= 0.6 is 22.6 Å². The Morgan fingerprint density at radius 2 is 1.32 bits per heavy atom. The number of carboxylic acid groups (broad SMARTS) is 1. The summed E-state index contributed by atoms with van der Waals surface area (Å²) in [7, 11) is 0. The predicted octanol–water partition coefficient (Wildman–Crippen LogP) is -8.59. The minimum absolute atomic E-state index is 0.0690. The minimum Gasteiger partial charge on any atom is -0.477 e. The van der Waals surface area contributed by atoms with E-state index < -0.39 is 186 Å². The van der Waals surface area contributed by atoms with Crippen molar-refractivity contribution in [1.29, 1.82) is 0 Å². The normalized spacial score (nSPS) is 40.9. The van der Waals surface area contributed by atoms with Gasteiger partial charge >= 0.3 is 5.97 Å². The van der Waals surface area contributed by atoms with Crippen molar-refractivity contribution >= 4 is 40.4 Å². The number of aliphatic hydroxyl groups is 13. The first kappa shape index (κ1) is 53.3. The van der Waals surface area contributed by atoms with E-state index in [4.69, 9.17) is 37.9 Å². The SMILES string of the molecule is CC(=O)NC1C(O[C@@H]2OC(CO)[C@H](O)C(O)C2O)[C@@H](O)C(CO)O[C@H]1O[C@H]1C(CO)O[C@@H](Oc2ccc(I)cc2)C(O)C1O[C@]1(C(=O)O)CC(O)[C@@H](NC(=O)CO)C([C@H](O)[C@H](O)CO)O1. The number of carbonyl (C=O) groups excluding carboxylic acids is 2. The third-order valence-electron chi connectivity index (χ3n) is 11.1. The molecule has 4 fully saturated rings. The summed E-state index contributed by atoms with van der Waals surface area (Å²) in [6.07, 6.45) is -36.6. The summed E-state index contributed by atoms with van der Waals surface area (Å²) in [4.78, 5) is 38.3. The molecule has 11 unspecified atom stereocenters. The number of rotatable bonds is 18. The van der Waals surface area contributed by atoms with Crippen LogP contribution in [0.5, 0.6) is 5.75 Å². The first-order chi connectivity index (χ1) is 30.7. The van der Waals surface area contributed by atoms with Gasteiger partial charge < -0.3 is 120 Å². The fourth-order valence-corrected chi connectivity index (χ4v) is 8.13. The largest absolute Gasteiger partial charge is 0.477 e. The van der Waals surface area contributed by atoms with Gasteiger partial charge in [-0.2, -0.15) is 0 Å². The van der Waals surface area contributed by atoms with Crippen LogP contribution in [-0.2, 0) is 47.5 Å². The highest BCUT2D eigenvalue weighted by molar-refractivity contribution is 14.1. The van der Waals surface area contributed by atoms with Gasteiger partial charge in [-0.15, -0.1) is 0 Å². The Kier molecular flexibility index (Phi) is 19.0. The van der Waals surface area contributed by atoms with Crippen LogP contribution in [-0.4, -0.2) is 251 Å². The van der Waals surface area contributed by atoms with Crippen molar-refractivity contribution in [3.8, 4) is 5.75 Å². The first-order valence-corrected chi connectivity index (χ1v) is 21.2. The molecule has 65 heavy (non-hydrogen) atoms. The average molecular weight is 1050 g/mol. The first-order valence-electron chi connectivity index (χ1n) is 20.1.